The standard InChI is InChI=1S/C21H21ClF4N4S/c1-4-30(5-2)11-17-20(13-6-14(21(24,25)26)8-15(23)7-13)29-19(31-17)10-16-9-18(22)28-12(3)27-16/h6-9H,4-5,10-11H2,1-3H3. The molecule has 0 aliphatic heterocycles. The van der Waals surface area contributed by atoms with Crippen molar-refractivity contribution in [3.63, 3.8) is 0 Å². The predicted molar refractivity (Wildman–Crippen MR) is 114 cm³/mol. The van der Waals surface area contributed by atoms with Crippen LogP contribution < -0.4 is 0 Å². The molecule has 0 N–H and O–H groups in total. The monoisotopic (exact) mass is 472 g/mol. The van der Waals surface area contributed by atoms with Crippen LogP contribution in [-0.4, -0.2) is 32.9 Å². The highest BCUT2D eigenvalue weighted by molar-refractivity contribution is 7.12. The Hall–Kier alpha value is -2.10. The molecule has 166 valence electrons. The molecule has 31 heavy (non-hydrogen) atoms. The molecular formula is C21H21ClF4N4S. The Morgan fingerprint density at radius 1 is 1.03 bits per heavy atom. The van der Waals surface area contributed by atoms with E-state index in [4.69, 9.17) is 11.6 Å². The van der Waals surface area contributed by atoms with E-state index in [1.165, 1.54) is 11.3 Å². The van der Waals surface area contributed by atoms with Crippen LogP contribution in [0.4, 0.5) is 17.6 Å². The lowest BCUT2D eigenvalue weighted by atomic mass is 10.1. The lowest BCUT2D eigenvalue weighted by Crippen LogP contribution is -2.21. The minimum Gasteiger partial charge on any atom is -0.299 e. The van der Waals surface area contributed by atoms with Crippen LogP contribution in [0.15, 0.2) is 24.3 Å². The zero-order valence-corrected chi connectivity index (χ0v) is 18.8. The van der Waals surface area contributed by atoms with E-state index in [2.05, 4.69) is 19.9 Å². The summed E-state index contributed by atoms with van der Waals surface area (Å²) in [6.07, 6.45) is -4.30. The third-order valence-electron chi connectivity index (χ3n) is 4.69. The molecule has 0 saturated carbocycles. The number of rotatable bonds is 7. The first kappa shape index (κ1) is 23.6. The quantitative estimate of drug-likeness (QED) is 0.305. The zero-order chi connectivity index (χ0) is 22.8. The van der Waals surface area contributed by atoms with Gasteiger partial charge in [0.2, 0.25) is 0 Å². The van der Waals surface area contributed by atoms with Gasteiger partial charge in [0.15, 0.2) is 0 Å². The van der Waals surface area contributed by atoms with Gasteiger partial charge >= 0.3 is 6.18 Å². The first-order valence-electron chi connectivity index (χ1n) is 9.68. The molecule has 0 amide bonds. The fourth-order valence-corrected chi connectivity index (χ4v) is 4.58. The molecule has 0 aliphatic rings. The van der Waals surface area contributed by atoms with E-state index in [-0.39, 0.29) is 5.56 Å². The van der Waals surface area contributed by atoms with Gasteiger partial charge < -0.3 is 0 Å². The van der Waals surface area contributed by atoms with E-state index in [0.717, 1.165) is 30.1 Å². The van der Waals surface area contributed by atoms with Gasteiger partial charge in [-0.1, -0.05) is 25.4 Å². The van der Waals surface area contributed by atoms with Crippen molar-refractivity contribution in [3.8, 4) is 11.3 Å². The van der Waals surface area contributed by atoms with E-state index in [9.17, 15) is 17.6 Å². The summed E-state index contributed by atoms with van der Waals surface area (Å²) in [5.41, 5.74) is 0.0779. The average molecular weight is 473 g/mol. The van der Waals surface area contributed by atoms with Crippen LogP contribution in [0, 0.1) is 12.7 Å². The second kappa shape index (κ2) is 9.58. The summed E-state index contributed by atoms with van der Waals surface area (Å²) in [6, 6.07) is 4.15. The number of alkyl halides is 3. The van der Waals surface area contributed by atoms with Crippen LogP contribution in [0.5, 0.6) is 0 Å². The smallest absolute Gasteiger partial charge is 0.299 e. The van der Waals surface area contributed by atoms with Crippen LogP contribution in [0.2, 0.25) is 5.15 Å². The number of hydrogen-bond donors (Lipinski definition) is 0. The van der Waals surface area contributed by atoms with Crippen molar-refractivity contribution in [3.05, 3.63) is 62.2 Å². The Labute approximate surface area is 186 Å². The van der Waals surface area contributed by atoms with Crippen molar-refractivity contribution < 1.29 is 17.6 Å². The summed E-state index contributed by atoms with van der Waals surface area (Å²) in [5.74, 6) is -0.436. The first-order valence-corrected chi connectivity index (χ1v) is 10.9. The Balaban J connectivity index is 2.06. The maximum absolute atomic E-state index is 14.0. The Kier molecular flexibility index (Phi) is 7.28. The first-order chi connectivity index (χ1) is 14.6. The van der Waals surface area contributed by atoms with Gasteiger partial charge in [0.05, 0.1) is 22.0 Å². The van der Waals surface area contributed by atoms with E-state index >= 15 is 0 Å². The Bertz CT molecular complexity index is 1040. The molecule has 0 spiro atoms. The van der Waals surface area contributed by atoms with Crippen LogP contribution in [0.1, 0.15) is 40.8 Å². The van der Waals surface area contributed by atoms with E-state index < -0.39 is 17.6 Å². The van der Waals surface area contributed by atoms with Crippen molar-refractivity contribution in [1.82, 2.24) is 19.9 Å². The third kappa shape index (κ3) is 5.99. The van der Waals surface area contributed by atoms with Crippen molar-refractivity contribution >= 4 is 22.9 Å². The molecule has 0 bridgehead atoms. The number of thiazole rings is 1. The van der Waals surface area contributed by atoms with Crippen LogP contribution in [-0.2, 0) is 19.1 Å². The van der Waals surface area contributed by atoms with Gasteiger partial charge in [-0.3, -0.25) is 4.90 Å². The highest BCUT2D eigenvalue weighted by Crippen LogP contribution is 2.36. The summed E-state index contributed by atoms with van der Waals surface area (Å²) in [7, 11) is 0. The molecule has 0 aliphatic carbocycles. The number of benzene rings is 1. The number of nitrogens with zero attached hydrogens (tertiary/aromatic N) is 4. The highest BCUT2D eigenvalue weighted by Gasteiger charge is 2.32. The van der Waals surface area contributed by atoms with Gasteiger partial charge in [0.1, 0.15) is 16.8 Å². The number of aromatic nitrogens is 3. The van der Waals surface area contributed by atoms with Crippen molar-refractivity contribution in [2.75, 3.05) is 13.1 Å². The largest absolute Gasteiger partial charge is 0.416 e. The second-order valence-electron chi connectivity index (χ2n) is 6.97. The summed E-state index contributed by atoms with van der Waals surface area (Å²) in [4.78, 5) is 15.8. The highest BCUT2D eigenvalue weighted by atomic mass is 35.5. The molecule has 0 atom stereocenters. The molecule has 0 radical (unpaired) electrons. The molecule has 3 aromatic rings. The third-order valence-corrected chi connectivity index (χ3v) is 5.93. The fraction of sp³-hybridized carbons (Fsp3) is 0.381. The van der Waals surface area contributed by atoms with Crippen molar-refractivity contribution in [2.24, 2.45) is 0 Å². The molecule has 4 nitrogen and oxygen atoms in total. The Morgan fingerprint density at radius 2 is 1.74 bits per heavy atom. The summed E-state index contributed by atoms with van der Waals surface area (Å²) >= 11 is 7.39. The molecule has 10 heteroatoms. The minimum absolute atomic E-state index is 0.105. The van der Waals surface area contributed by atoms with Gasteiger partial charge in [-0.15, -0.1) is 11.3 Å². The summed E-state index contributed by atoms with van der Waals surface area (Å²) in [5, 5.41) is 0.965. The van der Waals surface area contributed by atoms with Crippen LogP contribution in [0.3, 0.4) is 0 Å². The normalized spacial score (nSPS) is 12.0. The van der Waals surface area contributed by atoms with Crippen LogP contribution >= 0.6 is 22.9 Å². The maximum Gasteiger partial charge on any atom is 0.416 e. The van der Waals surface area contributed by atoms with E-state index in [1.54, 1.807) is 13.0 Å². The average Bonchev–Trinajstić information content (AvgIpc) is 3.06. The van der Waals surface area contributed by atoms with Crippen LogP contribution in [0.25, 0.3) is 11.3 Å². The Morgan fingerprint density at radius 3 is 2.35 bits per heavy atom. The summed E-state index contributed by atoms with van der Waals surface area (Å²) < 4.78 is 53.7. The summed E-state index contributed by atoms with van der Waals surface area (Å²) in [6.45, 7) is 7.75. The SMILES string of the molecule is CCN(CC)Cc1sc(Cc2cc(Cl)nc(C)n2)nc1-c1cc(F)cc(C(F)(F)F)c1. The molecule has 0 unspecified atom stereocenters. The predicted octanol–water partition coefficient (Wildman–Crippen LogP) is 6.15. The number of aryl methyl sites for hydroxylation is 1. The molecule has 1 aromatic carbocycles. The molecule has 3 rings (SSSR count). The van der Waals surface area contributed by atoms with E-state index in [0.29, 0.717) is 46.4 Å². The zero-order valence-electron chi connectivity index (χ0n) is 17.2. The fourth-order valence-electron chi connectivity index (χ4n) is 3.18. The molecule has 0 fully saturated rings. The topological polar surface area (TPSA) is 41.9 Å². The minimum atomic E-state index is -4.65. The molecular weight excluding hydrogens is 452 g/mol. The second-order valence-corrected chi connectivity index (χ2v) is 8.53. The lowest BCUT2D eigenvalue weighted by Gasteiger charge is -2.17. The lowest BCUT2D eigenvalue weighted by molar-refractivity contribution is -0.137. The molecule has 0 saturated heterocycles. The molecule has 2 heterocycles. The van der Waals surface area contributed by atoms with Gasteiger partial charge in [-0.05, 0) is 44.3 Å². The van der Waals surface area contributed by atoms with E-state index in [1.807, 2.05) is 13.8 Å². The number of halogens is 5. The number of hydrogen-bond acceptors (Lipinski definition) is 5. The maximum atomic E-state index is 14.0. The van der Waals surface area contributed by atoms with Crippen molar-refractivity contribution in [2.45, 2.75) is 39.9 Å². The molecule has 2 aromatic heterocycles. The van der Waals surface area contributed by atoms with Crippen molar-refractivity contribution in [1.29, 1.82) is 0 Å². The van der Waals surface area contributed by atoms with Gasteiger partial charge in [-0.2, -0.15) is 13.2 Å². The van der Waals surface area contributed by atoms with Gasteiger partial charge in [-0.25, -0.2) is 19.3 Å². The van der Waals surface area contributed by atoms with Gasteiger partial charge in [0.25, 0.3) is 0 Å². The van der Waals surface area contributed by atoms with Gasteiger partial charge in [0, 0.05) is 23.4 Å².